The van der Waals surface area contributed by atoms with E-state index in [1.165, 1.54) is 39.1 Å². The van der Waals surface area contributed by atoms with E-state index in [2.05, 4.69) is 54.9 Å². The van der Waals surface area contributed by atoms with Gasteiger partial charge in [-0.05, 0) is 54.0 Å². The molecule has 1 aliphatic heterocycles. The van der Waals surface area contributed by atoms with Crippen LogP contribution in [0.4, 0.5) is 0 Å². The molecule has 1 aliphatic rings. The Kier molecular flexibility index (Phi) is 7.29. The van der Waals surface area contributed by atoms with Gasteiger partial charge in [0.15, 0.2) is 0 Å². The molecule has 4 heteroatoms. The Morgan fingerprint density at radius 2 is 1.74 bits per heavy atom. The topological polar surface area (TPSA) is 21.8 Å². The number of piperazine rings is 1. The maximum Gasteiger partial charge on any atom is 0.0281 e. The SMILES string of the molecule is CCN(CCCN(C)C)CC(C)(C)N1CCNCC1. The van der Waals surface area contributed by atoms with Gasteiger partial charge in [-0.1, -0.05) is 6.92 Å². The average molecular weight is 270 g/mol. The molecule has 0 aromatic rings. The summed E-state index contributed by atoms with van der Waals surface area (Å²) < 4.78 is 0. The van der Waals surface area contributed by atoms with Crippen molar-refractivity contribution in [2.45, 2.75) is 32.7 Å². The van der Waals surface area contributed by atoms with Gasteiger partial charge in [-0.2, -0.15) is 0 Å². The molecule has 19 heavy (non-hydrogen) atoms. The Morgan fingerprint density at radius 1 is 1.11 bits per heavy atom. The van der Waals surface area contributed by atoms with E-state index in [4.69, 9.17) is 0 Å². The highest BCUT2D eigenvalue weighted by molar-refractivity contribution is 4.87. The zero-order chi connectivity index (χ0) is 14.3. The van der Waals surface area contributed by atoms with Gasteiger partial charge in [0.2, 0.25) is 0 Å². The second-order valence-corrected chi connectivity index (χ2v) is 6.58. The van der Waals surface area contributed by atoms with Gasteiger partial charge in [0, 0.05) is 38.3 Å². The van der Waals surface area contributed by atoms with Crippen LogP contribution in [-0.2, 0) is 0 Å². The van der Waals surface area contributed by atoms with E-state index >= 15 is 0 Å². The summed E-state index contributed by atoms with van der Waals surface area (Å²) in [7, 11) is 4.31. The van der Waals surface area contributed by atoms with Crippen LogP contribution in [0.1, 0.15) is 27.2 Å². The summed E-state index contributed by atoms with van der Waals surface area (Å²) >= 11 is 0. The molecule has 0 aromatic carbocycles. The fourth-order valence-corrected chi connectivity index (χ4v) is 2.88. The van der Waals surface area contributed by atoms with Crippen molar-refractivity contribution in [2.24, 2.45) is 0 Å². The van der Waals surface area contributed by atoms with Crippen LogP contribution in [0.15, 0.2) is 0 Å². The maximum atomic E-state index is 3.44. The first-order chi connectivity index (χ1) is 8.95. The summed E-state index contributed by atoms with van der Waals surface area (Å²) in [6, 6.07) is 0. The van der Waals surface area contributed by atoms with Crippen LogP contribution in [0.3, 0.4) is 0 Å². The van der Waals surface area contributed by atoms with Crippen molar-refractivity contribution in [1.82, 2.24) is 20.0 Å². The largest absolute Gasteiger partial charge is 0.314 e. The number of nitrogens with one attached hydrogen (secondary N) is 1. The van der Waals surface area contributed by atoms with Crippen LogP contribution in [-0.4, -0.2) is 86.7 Å². The number of rotatable bonds is 8. The molecule has 0 aliphatic carbocycles. The van der Waals surface area contributed by atoms with Gasteiger partial charge in [-0.3, -0.25) is 4.90 Å². The highest BCUT2D eigenvalue weighted by Gasteiger charge is 2.29. The van der Waals surface area contributed by atoms with Gasteiger partial charge in [-0.15, -0.1) is 0 Å². The molecule has 114 valence electrons. The summed E-state index contributed by atoms with van der Waals surface area (Å²) in [5, 5.41) is 3.44. The van der Waals surface area contributed by atoms with Crippen LogP contribution in [0.2, 0.25) is 0 Å². The third-order valence-electron chi connectivity index (χ3n) is 4.11. The van der Waals surface area contributed by atoms with Crippen molar-refractivity contribution in [3.8, 4) is 0 Å². The molecule has 0 bridgehead atoms. The van der Waals surface area contributed by atoms with E-state index in [0.717, 1.165) is 19.6 Å². The number of likely N-dealkylation sites (N-methyl/N-ethyl adjacent to an activating group) is 1. The summed E-state index contributed by atoms with van der Waals surface area (Å²) in [6.07, 6.45) is 1.26. The van der Waals surface area contributed by atoms with Crippen molar-refractivity contribution < 1.29 is 0 Å². The molecule has 1 rings (SSSR count). The predicted molar refractivity (Wildman–Crippen MR) is 83.8 cm³/mol. The van der Waals surface area contributed by atoms with Crippen molar-refractivity contribution in [1.29, 1.82) is 0 Å². The van der Waals surface area contributed by atoms with Gasteiger partial charge < -0.3 is 15.1 Å². The Hall–Kier alpha value is -0.160. The van der Waals surface area contributed by atoms with Gasteiger partial charge in [0.25, 0.3) is 0 Å². The summed E-state index contributed by atoms with van der Waals surface area (Å²) in [6.45, 7) is 16.4. The minimum absolute atomic E-state index is 0.288. The molecule has 0 unspecified atom stereocenters. The summed E-state index contributed by atoms with van der Waals surface area (Å²) in [5.41, 5.74) is 0.288. The van der Waals surface area contributed by atoms with Crippen molar-refractivity contribution >= 4 is 0 Å². The third kappa shape index (κ3) is 6.21. The monoisotopic (exact) mass is 270 g/mol. The lowest BCUT2D eigenvalue weighted by Gasteiger charge is -2.43. The molecule has 1 heterocycles. The molecule has 1 fully saturated rings. The highest BCUT2D eigenvalue weighted by Crippen LogP contribution is 2.17. The lowest BCUT2D eigenvalue weighted by molar-refractivity contribution is 0.0638. The fourth-order valence-electron chi connectivity index (χ4n) is 2.88. The Balaban J connectivity index is 2.39. The average Bonchev–Trinajstić information content (AvgIpc) is 2.38. The van der Waals surface area contributed by atoms with E-state index in [1.54, 1.807) is 0 Å². The van der Waals surface area contributed by atoms with E-state index < -0.39 is 0 Å². The molecule has 0 saturated carbocycles. The maximum absolute atomic E-state index is 3.44. The predicted octanol–water partition coefficient (Wildman–Crippen LogP) is 0.944. The number of hydrogen-bond donors (Lipinski definition) is 1. The van der Waals surface area contributed by atoms with Gasteiger partial charge in [0.1, 0.15) is 0 Å². The van der Waals surface area contributed by atoms with Crippen molar-refractivity contribution in [3.63, 3.8) is 0 Å². The Morgan fingerprint density at radius 3 is 2.26 bits per heavy atom. The van der Waals surface area contributed by atoms with Crippen LogP contribution in [0.25, 0.3) is 0 Å². The van der Waals surface area contributed by atoms with E-state index in [9.17, 15) is 0 Å². The zero-order valence-corrected chi connectivity index (χ0v) is 13.7. The minimum Gasteiger partial charge on any atom is -0.314 e. The standard InChI is InChI=1S/C15H34N4/c1-6-18(11-7-10-17(4)5)14-15(2,3)19-12-8-16-9-13-19/h16H,6-14H2,1-5H3. The van der Waals surface area contributed by atoms with Gasteiger partial charge >= 0.3 is 0 Å². The fraction of sp³-hybridized carbons (Fsp3) is 1.00. The van der Waals surface area contributed by atoms with Crippen molar-refractivity contribution in [2.75, 3.05) is 66.5 Å². The molecule has 1 N–H and O–H groups in total. The highest BCUT2D eigenvalue weighted by atomic mass is 15.3. The number of hydrogen-bond acceptors (Lipinski definition) is 4. The molecular formula is C15H34N4. The quantitative estimate of drug-likeness (QED) is 0.709. The first-order valence-electron chi connectivity index (χ1n) is 7.78. The Bertz CT molecular complexity index is 234. The minimum atomic E-state index is 0.288. The molecule has 0 radical (unpaired) electrons. The van der Waals surface area contributed by atoms with Crippen LogP contribution in [0.5, 0.6) is 0 Å². The first-order valence-corrected chi connectivity index (χ1v) is 7.78. The van der Waals surface area contributed by atoms with E-state index in [-0.39, 0.29) is 5.54 Å². The van der Waals surface area contributed by atoms with Gasteiger partial charge in [-0.25, -0.2) is 0 Å². The lowest BCUT2D eigenvalue weighted by atomic mass is 10.0. The third-order valence-corrected chi connectivity index (χ3v) is 4.11. The van der Waals surface area contributed by atoms with Crippen LogP contribution in [0, 0.1) is 0 Å². The van der Waals surface area contributed by atoms with Crippen LogP contribution >= 0.6 is 0 Å². The smallest absolute Gasteiger partial charge is 0.0281 e. The summed E-state index contributed by atoms with van der Waals surface area (Å²) in [4.78, 5) is 7.51. The van der Waals surface area contributed by atoms with Gasteiger partial charge in [0.05, 0.1) is 0 Å². The molecule has 0 atom stereocenters. The molecule has 1 saturated heterocycles. The first kappa shape index (κ1) is 16.9. The van der Waals surface area contributed by atoms with Crippen molar-refractivity contribution in [3.05, 3.63) is 0 Å². The number of nitrogens with zero attached hydrogens (tertiary/aromatic N) is 3. The lowest BCUT2D eigenvalue weighted by Crippen LogP contribution is -2.57. The molecule has 4 nitrogen and oxygen atoms in total. The second kappa shape index (κ2) is 8.20. The normalized spacial score (nSPS) is 18.5. The second-order valence-electron chi connectivity index (χ2n) is 6.58. The summed E-state index contributed by atoms with van der Waals surface area (Å²) in [5.74, 6) is 0. The molecule has 0 amide bonds. The molecular weight excluding hydrogens is 236 g/mol. The zero-order valence-electron chi connectivity index (χ0n) is 13.7. The molecule has 0 spiro atoms. The Labute approximate surface area is 120 Å². The molecule has 0 aromatic heterocycles. The van der Waals surface area contributed by atoms with E-state index in [1.807, 2.05) is 0 Å². The van der Waals surface area contributed by atoms with E-state index in [0.29, 0.717) is 0 Å². The van der Waals surface area contributed by atoms with Crippen LogP contribution < -0.4 is 5.32 Å².